The fourth-order valence-electron chi connectivity index (χ4n) is 0.716. The zero-order valence-corrected chi connectivity index (χ0v) is 11.1. The monoisotopic (exact) mass is 222 g/mol. The second-order valence-electron chi connectivity index (χ2n) is 2.01. The van der Waals surface area contributed by atoms with Gasteiger partial charge in [-0.05, 0) is 11.6 Å². The van der Waals surface area contributed by atoms with Crippen LogP contribution in [0.2, 0.25) is 0 Å². The van der Waals surface area contributed by atoms with Crippen LogP contribution >= 0.6 is 0 Å². The largest absolute Gasteiger partial charge is 1.00 e. The van der Waals surface area contributed by atoms with Crippen LogP contribution in [-0.2, 0) is 23.6 Å². The molecule has 0 unspecified atom stereocenters. The van der Waals surface area contributed by atoms with Crippen LogP contribution < -0.4 is 51.4 Å². The van der Waals surface area contributed by atoms with Crippen LogP contribution in [0.5, 0.6) is 0 Å². The summed E-state index contributed by atoms with van der Waals surface area (Å²) in [4.78, 5) is 0. The van der Waals surface area contributed by atoms with Gasteiger partial charge in [-0.2, -0.15) is 0 Å². The van der Waals surface area contributed by atoms with E-state index in [2.05, 4.69) is 4.18 Å². The Kier molecular flexibility index (Phi) is 7.93. The first-order valence-corrected chi connectivity index (χ1v) is 4.27. The molecule has 13 heavy (non-hydrogen) atoms. The summed E-state index contributed by atoms with van der Waals surface area (Å²) in [6.07, 6.45) is 2.69. The molecule has 0 fully saturated rings. The molecule has 0 N–H and O–H groups in total. The van der Waals surface area contributed by atoms with E-state index in [-0.39, 0.29) is 51.4 Å². The first kappa shape index (κ1) is 13.3. The van der Waals surface area contributed by atoms with E-state index in [1.54, 1.807) is 6.08 Å². The Labute approximate surface area is 121 Å². The van der Waals surface area contributed by atoms with Gasteiger partial charge in [-0.25, -0.2) is 0 Å². The molecule has 0 saturated heterocycles. The maximum atomic E-state index is 9.92. The minimum absolute atomic E-state index is 0. The molecule has 3 nitrogen and oxygen atoms in total. The van der Waals surface area contributed by atoms with Gasteiger partial charge in [-0.3, -0.25) is 0 Å². The van der Waals surface area contributed by atoms with E-state index in [1.807, 2.05) is 30.3 Å². The molecular formula is C8H7KO3S. The summed E-state index contributed by atoms with van der Waals surface area (Å²) in [6, 6.07) is 9.27. The van der Waals surface area contributed by atoms with Crippen molar-refractivity contribution in [3.8, 4) is 0 Å². The van der Waals surface area contributed by atoms with E-state index >= 15 is 0 Å². The van der Waals surface area contributed by atoms with Crippen molar-refractivity contribution in [2.75, 3.05) is 0 Å². The molecule has 5 heteroatoms. The van der Waals surface area contributed by atoms with Crippen LogP contribution in [0.4, 0.5) is 0 Å². The second-order valence-corrected chi connectivity index (χ2v) is 2.61. The van der Waals surface area contributed by atoms with E-state index in [4.69, 9.17) is 0 Å². The van der Waals surface area contributed by atoms with E-state index in [0.717, 1.165) is 11.8 Å². The summed E-state index contributed by atoms with van der Waals surface area (Å²) < 4.78 is 24.0. The van der Waals surface area contributed by atoms with Crippen LogP contribution in [0, 0.1) is 0 Å². The summed E-state index contributed by atoms with van der Waals surface area (Å²) in [6.45, 7) is 0. The molecule has 0 atom stereocenters. The zero-order valence-electron chi connectivity index (χ0n) is 7.17. The third-order valence-electron chi connectivity index (χ3n) is 1.19. The van der Waals surface area contributed by atoms with Crippen molar-refractivity contribution in [1.29, 1.82) is 0 Å². The van der Waals surface area contributed by atoms with E-state index in [1.165, 1.54) is 0 Å². The van der Waals surface area contributed by atoms with Gasteiger partial charge in [-0.15, -0.1) is 0 Å². The van der Waals surface area contributed by atoms with Crippen molar-refractivity contribution in [2.45, 2.75) is 0 Å². The molecule has 0 aliphatic heterocycles. The molecular weight excluding hydrogens is 215 g/mol. The average Bonchev–Trinajstić information content (AvgIpc) is 2.05. The SMILES string of the molecule is O=[S-](=O)OC=Cc1ccccc1.[K+]. The fourth-order valence-corrected chi connectivity index (χ4v) is 0.862. The Morgan fingerprint density at radius 1 is 1.15 bits per heavy atom. The van der Waals surface area contributed by atoms with Gasteiger partial charge >= 0.3 is 51.4 Å². The van der Waals surface area contributed by atoms with Gasteiger partial charge in [-0.1, -0.05) is 30.3 Å². The average molecular weight is 222 g/mol. The smallest absolute Gasteiger partial charge is 0.539 e. The topological polar surface area (TPSA) is 43.4 Å². The number of hydrogen-bond acceptors (Lipinski definition) is 4. The minimum Gasteiger partial charge on any atom is -0.539 e. The Morgan fingerprint density at radius 2 is 1.77 bits per heavy atom. The van der Waals surface area contributed by atoms with Crippen LogP contribution in [0.25, 0.3) is 6.08 Å². The third-order valence-corrected chi connectivity index (χ3v) is 1.46. The van der Waals surface area contributed by atoms with Crippen molar-refractivity contribution in [1.82, 2.24) is 0 Å². The van der Waals surface area contributed by atoms with Crippen LogP contribution in [0.1, 0.15) is 5.56 Å². The van der Waals surface area contributed by atoms with Crippen molar-refractivity contribution in [2.24, 2.45) is 0 Å². The molecule has 0 heterocycles. The summed E-state index contributed by atoms with van der Waals surface area (Å²) in [5.74, 6) is 0. The molecule has 1 aromatic carbocycles. The van der Waals surface area contributed by atoms with E-state index in [9.17, 15) is 8.42 Å². The summed E-state index contributed by atoms with van der Waals surface area (Å²) in [5, 5.41) is 0. The molecule has 0 aromatic heterocycles. The van der Waals surface area contributed by atoms with Crippen LogP contribution in [-0.4, -0.2) is 0 Å². The molecule has 1 aromatic rings. The van der Waals surface area contributed by atoms with Crippen molar-refractivity contribution < 1.29 is 64.0 Å². The summed E-state index contributed by atoms with van der Waals surface area (Å²) in [7, 11) is -2.48. The molecule has 64 valence electrons. The van der Waals surface area contributed by atoms with Gasteiger partial charge in [0.05, 0.1) is 6.26 Å². The van der Waals surface area contributed by atoms with Gasteiger partial charge < -0.3 is 12.6 Å². The maximum absolute atomic E-state index is 9.92. The normalized spacial score (nSPS) is 9.92. The fraction of sp³-hybridized carbons (Fsp3) is 0. The summed E-state index contributed by atoms with van der Waals surface area (Å²) in [5.41, 5.74) is 0.892. The Balaban J connectivity index is 0.00000144. The molecule has 0 bridgehead atoms. The van der Waals surface area contributed by atoms with Gasteiger partial charge in [0, 0.05) is 0 Å². The number of benzene rings is 1. The van der Waals surface area contributed by atoms with Crippen molar-refractivity contribution in [3.63, 3.8) is 0 Å². The third kappa shape index (κ3) is 6.42. The molecule has 0 aliphatic rings. The van der Waals surface area contributed by atoms with Crippen molar-refractivity contribution >= 4 is 17.1 Å². The molecule has 0 saturated carbocycles. The number of hydrogen-bond donors (Lipinski definition) is 0. The molecule has 1 rings (SSSR count). The first-order chi connectivity index (χ1) is 5.79. The van der Waals surface area contributed by atoms with Gasteiger partial charge in [0.15, 0.2) is 0 Å². The quantitative estimate of drug-likeness (QED) is 0.370. The maximum Gasteiger partial charge on any atom is 1.00 e. The molecule has 0 aliphatic carbocycles. The van der Waals surface area contributed by atoms with Gasteiger partial charge in [0.1, 0.15) is 11.0 Å². The van der Waals surface area contributed by atoms with E-state index in [0.29, 0.717) is 0 Å². The first-order valence-electron chi connectivity index (χ1n) is 3.27. The molecule has 0 radical (unpaired) electrons. The predicted molar refractivity (Wildman–Crippen MR) is 45.3 cm³/mol. The van der Waals surface area contributed by atoms with Crippen LogP contribution in [0.15, 0.2) is 36.6 Å². The molecule has 0 amide bonds. The number of rotatable bonds is 3. The Morgan fingerprint density at radius 3 is 2.31 bits per heavy atom. The second kappa shape index (κ2) is 7.72. The summed E-state index contributed by atoms with van der Waals surface area (Å²) >= 11 is 0. The van der Waals surface area contributed by atoms with Gasteiger partial charge in [0.2, 0.25) is 0 Å². The Bertz CT molecular complexity index is 325. The van der Waals surface area contributed by atoms with Crippen LogP contribution in [0.3, 0.4) is 0 Å². The zero-order chi connectivity index (χ0) is 8.81. The molecule has 0 spiro atoms. The minimum atomic E-state index is -2.48. The van der Waals surface area contributed by atoms with E-state index < -0.39 is 11.0 Å². The predicted octanol–water partition coefficient (Wildman–Crippen LogP) is -1.10. The van der Waals surface area contributed by atoms with Gasteiger partial charge in [0.25, 0.3) is 0 Å². The van der Waals surface area contributed by atoms with Crippen molar-refractivity contribution in [3.05, 3.63) is 42.2 Å². The Hall–Kier alpha value is 0.346. The standard InChI is InChI=1S/C8H7O3S.K/c9-12(10)11-7-6-8-4-2-1-3-5-8;/h1-7H;/q-1;+1.